The van der Waals surface area contributed by atoms with E-state index in [0.717, 1.165) is 4.90 Å². The molecule has 1 aliphatic heterocycles. The second-order valence-electron chi connectivity index (χ2n) is 4.96. The van der Waals surface area contributed by atoms with Gasteiger partial charge in [-0.1, -0.05) is 0 Å². The van der Waals surface area contributed by atoms with E-state index in [-0.39, 0.29) is 18.7 Å². The molecule has 0 saturated carbocycles. The number of β-amino-alcohol motifs (C(OH)–C–C–N with tert-alkyl or cyclic N) is 1. The number of anilines is 1. The summed E-state index contributed by atoms with van der Waals surface area (Å²) in [5.41, 5.74) is 0.975. The maximum absolute atomic E-state index is 12.1. The molecule has 1 aliphatic rings. The van der Waals surface area contributed by atoms with Crippen molar-refractivity contribution in [3.63, 3.8) is 0 Å². The summed E-state index contributed by atoms with van der Waals surface area (Å²) in [4.78, 5) is 35.4. The lowest BCUT2D eigenvalue weighted by Crippen LogP contribution is -2.43. The van der Waals surface area contributed by atoms with Crippen LogP contribution in [0.15, 0.2) is 24.3 Å². The lowest BCUT2D eigenvalue weighted by molar-refractivity contribution is -0.141. The first-order valence-corrected chi connectivity index (χ1v) is 6.48. The van der Waals surface area contributed by atoms with Gasteiger partial charge in [-0.3, -0.25) is 4.79 Å². The van der Waals surface area contributed by atoms with Gasteiger partial charge in [-0.05, 0) is 31.2 Å². The van der Waals surface area contributed by atoms with Crippen LogP contribution in [0.4, 0.5) is 10.5 Å². The van der Waals surface area contributed by atoms with Crippen LogP contribution in [0.3, 0.4) is 0 Å². The van der Waals surface area contributed by atoms with E-state index in [1.54, 1.807) is 24.3 Å². The molecule has 2 atom stereocenters. The summed E-state index contributed by atoms with van der Waals surface area (Å²) in [5.74, 6) is -1.23. The van der Waals surface area contributed by atoms with E-state index in [2.05, 4.69) is 5.32 Å². The minimum absolute atomic E-state index is 0.0195. The standard InChI is InChI=1S/C14H16N2O5/c1-8(17)9-2-4-10(5-3-9)15-14(21)16-7-11(18)6-12(16)13(19)20/h2-5,11-12,18H,6-7H2,1H3,(H,15,21)(H,19,20)/t11-,12-/m0/s1. The second kappa shape index (κ2) is 5.92. The number of nitrogens with one attached hydrogen (secondary N) is 1. The minimum Gasteiger partial charge on any atom is -0.480 e. The SMILES string of the molecule is CC(=O)c1ccc(NC(=O)N2C[C@@H](O)C[C@H]2C(=O)O)cc1. The zero-order chi connectivity index (χ0) is 15.6. The Kier molecular flexibility index (Phi) is 4.23. The summed E-state index contributed by atoms with van der Waals surface area (Å²) < 4.78 is 0. The third-order valence-corrected chi connectivity index (χ3v) is 3.37. The molecule has 1 saturated heterocycles. The number of rotatable bonds is 3. The van der Waals surface area contributed by atoms with E-state index in [1.807, 2.05) is 0 Å². The van der Waals surface area contributed by atoms with E-state index in [4.69, 9.17) is 5.11 Å². The predicted molar refractivity (Wildman–Crippen MR) is 74.2 cm³/mol. The number of aliphatic hydroxyl groups is 1. The number of ketones is 1. The zero-order valence-electron chi connectivity index (χ0n) is 11.4. The number of aliphatic hydroxyl groups excluding tert-OH is 1. The van der Waals surface area contributed by atoms with Crippen LogP contribution in [-0.4, -0.2) is 51.6 Å². The molecule has 7 nitrogen and oxygen atoms in total. The zero-order valence-corrected chi connectivity index (χ0v) is 11.4. The van der Waals surface area contributed by atoms with Gasteiger partial charge >= 0.3 is 12.0 Å². The molecular weight excluding hydrogens is 276 g/mol. The Hall–Kier alpha value is -2.41. The van der Waals surface area contributed by atoms with Crippen molar-refractivity contribution in [1.29, 1.82) is 0 Å². The normalized spacial score (nSPS) is 21.1. The van der Waals surface area contributed by atoms with Gasteiger partial charge in [0, 0.05) is 24.2 Å². The molecule has 1 heterocycles. The highest BCUT2D eigenvalue weighted by Gasteiger charge is 2.38. The minimum atomic E-state index is -1.14. The maximum Gasteiger partial charge on any atom is 0.326 e. The smallest absolute Gasteiger partial charge is 0.326 e. The first kappa shape index (κ1) is 15.0. The van der Waals surface area contributed by atoms with Gasteiger partial charge in [0.15, 0.2) is 5.78 Å². The van der Waals surface area contributed by atoms with E-state index in [1.165, 1.54) is 6.92 Å². The fraction of sp³-hybridized carbons (Fsp3) is 0.357. The Balaban J connectivity index is 2.06. The lowest BCUT2D eigenvalue weighted by Gasteiger charge is -2.21. The van der Waals surface area contributed by atoms with Crippen molar-refractivity contribution in [2.24, 2.45) is 0 Å². The highest BCUT2D eigenvalue weighted by atomic mass is 16.4. The number of amides is 2. The number of hydrogen-bond donors (Lipinski definition) is 3. The molecule has 2 rings (SSSR count). The van der Waals surface area contributed by atoms with Crippen LogP contribution in [-0.2, 0) is 4.79 Å². The Morgan fingerprint density at radius 2 is 1.86 bits per heavy atom. The molecule has 0 aromatic heterocycles. The summed E-state index contributed by atoms with van der Waals surface area (Å²) in [7, 11) is 0. The van der Waals surface area contributed by atoms with Gasteiger partial charge in [-0.15, -0.1) is 0 Å². The highest BCUT2D eigenvalue weighted by molar-refractivity contribution is 5.96. The van der Waals surface area contributed by atoms with Gasteiger partial charge in [0.1, 0.15) is 6.04 Å². The van der Waals surface area contributed by atoms with Crippen LogP contribution in [0.1, 0.15) is 23.7 Å². The van der Waals surface area contributed by atoms with Crippen molar-refractivity contribution in [2.45, 2.75) is 25.5 Å². The molecule has 7 heteroatoms. The number of carboxylic acids is 1. The molecule has 2 amide bonds. The molecule has 21 heavy (non-hydrogen) atoms. The summed E-state index contributed by atoms with van der Waals surface area (Å²) in [6.45, 7) is 1.42. The van der Waals surface area contributed by atoms with Gasteiger partial charge in [-0.25, -0.2) is 9.59 Å². The molecule has 1 aromatic carbocycles. The number of aliphatic carboxylic acids is 1. The van der Waals surface area contributed by atoms with Crippen LogP contribution in [0.5, 0.6) is 0 Å². The quantitative estimate of drug-likeness (QED) is 0.719. The number of carbonyl (C=O) groups is 3. The van der Waals surface area contributed by atoms with Crippen LogP contribution in [0.2, 0.25) is 0 Å². The lowest BCUT2D eigenvalue weighted by atomic mass is 10.1. The summed E-state index contributed by atoms with van der Waals surface area (Å²) in [6, 6.07) is 4.66. The van der Waals surface area contributed by atoms with Gasteiger partial charge < -0.3 is 20.4 Å². The molecule has 0 bridgehead atoms. The Morgan fingerprint density at radius 1 is 1.24 bits per heavy atom. The fourth-order valence-electron chi connectivity index (χ4n) is 2.26. The Bertz CT molecular complexity index is 569. The third-order valence-electron chi connectivity index (χ3n) is 3.37. The summed E-state index contributed by atoms with van der Waals surface area (Å²) in [5, 5.41) is 21.1. The molecule has 0 aliphatic carbocycles. The molecule has 0 spiro atoms. The van der Waals surface area contributed by atoms with Crippen molar-refractivity contribution >= 4 is 23.5 Å². The number of likely N-dealkylation sites (tertiary alicyclic amines) is 1. The number of carboxylic acid groups (broad SMARTS) is 1. The van der Waals surface area contributed by atoms with Crippen molar-refractivity contribution in [1.82, 2.24) is 4.90 Å². The monoisotopic (exact) mass is 292 g/mol. The van der Waals surface area contributed by atoms with E-state index in [0.29, 0.717) is 11.3 Å². The van der Waals surface area contributed by atoms with Gasteiger partial charge in [0.05, 0.1) is 6.10 Å². The number of benzene rings is 1. The number of carbonyl (C=O) groups excluding carboxylic acids is 2. The van der Waals surface area contributed by atoms with Crippen LogP contribution in [0.25, 0.3) is 0 Å². The second-order valence-corrected chi connectivity index (χ2v) is 4.96. The molecule has 0 radical (unpaired) electrons. The summed E-state index contributed by atoms with van der Waals surface area (Å²) >= 11 is 0. The van der Waals surface area contributed by atoms with Crippen molar-refractivity contribution in [2.75, 3.05) is 11.9 Å². The molecule has 3 N–H and O–H groups in total. The predicted octanol–water partition coefficient (Wildman–Crippen LogP) is 0.941. The van der Waals surface area contributed by atoms with Crippen LogP contribution in [0, 0.1) is 0 Å². The fourth-order valence-corrected chi connectivity index (χ4v) is 2.26. The van der Waals surface area contributed by atoms with Crippen molar-refractivity contribution in [3.8, 4) is 0 Å². The van der Waals surface area contributed by atoms with Gasteiger partial charge in [-0.2, -0.15) is 0 Å². The van der Waals surface area contributed by atoms with Crippen molar-refractivity contribution in [3.05, 3.63) is 29.8 Å². The average molecular weight is 292 g/mol. The first-order valence-electron chi connectivity index (χ1n) is 6.48. The molecule has 1 aromatic rings. The average Bonchev–Trinajstić information content (AvgIpc) is 2.82. The van der Waals surface area contributed by atoms with Crippen molar-refractivity contribution < 1.29 is 24.6 Å². The van der Waals surface area contributed by atoms with Crippen LogP contribution < -0.4 is 5.32 Å². The van der Waals surface area contributed by atoms with Gasteiger partial charge in [0.2, 0.25) is 0 Å². The Morgan fingerprint density at radius 3 is 2.38 bits per heavy atom. The van der Waals surface area contributed by atoms with Gasteiger partial charge in [0.25, 0.3) is 0 Å². The van der Waals surface area contributed by atoms with E-state index >= 15 is 0 Å². The highest BCUT2D eigenvalue weighted by Crippen LogP contribution is 2.20. The first-order chi connectivity index (χ1) is 9.88. The van der Waals surface area contributed by atoms with E-state index in [9.17, 15) is 19.5 Å². The maximum atomic E-state index is 12.1. The molecular formula is C14H16N2O5. The largest absolute Gasteiger partial charge is 0.480 e. The molecule has 112 valence electrons. The number of hydrogen-bond acceptors (Lipinski definition) is 4. The number of urea groups is 1. The number of nitrogens with zero attached hydrogens (tertiary/aromatic N) is 1. The number of Topliss-reactive ketones (excluding diaryl/α,β-unsaturated/α-hetero) is 1. The van der Waals surface area contributed by atoms with Crippen LogP contribution >= 0.6 is 0 Å². The molecule has 1 fully saturated rings. The Labute approximate surface area is 121 Å². The molecule has 0 unspecified atom stereocenters. The summed E-state index contributed by atoms with van der Waals surface area (Å²) in [6.07, 6.45) is -0.816. The topological polar surface area (TPSA) is 107 Å². The van der Waals surface area contributed by atoms with E-state index < -0.39 is 24.1 Å². The third kappa shape index (κ3) is 3.38.